The fourth-order valence-electron chi connectivity index (χ4n) is 3.04. The molecule has 0 aliphatic carbocycles. The highest BCUT2D eigenvalue weighted by molar-refractivity contribution is 7.09. The summed E-state index contributed by atoms with van der Waals surface area (Å²) >= 11 is 1.60. The van der Waals surface area contributed by atoms with Crippen LogP contribution in [0.5, 0.6) is 0 Å². The van der Waals surface area contributed by atoms with Gasteiger partial charge in [0.25, 0.3) is 0 Å². The van der Waals surface area contributed by atoms with Gasteiger partial charge in [-0.25, -0.2) is 4.98 Å². The Labute approximate surface area is 178 Å². The average Bonchev–Trinajstić information content (AvgIpc) is 3.36. The second kappa shape index (κ2) is 8.42. The number of aryl methyl sites for hydroxylation is 3. The first-order chi connectivity index (χ1) is 14.5. The maximum Gasteiger partial charge on any atom is 0.243 e. The molecular weight excluding hydrogens is 398 g/mol. The molecule has 4 rings (SSSR count). The van der Waals surface area contributed by atoms with Gasteiger partial charge in [0.2, 0.25) is 5.91 Å². The lowest BCUT2D eigenvalue weighted by molar-refractivity contribution is -0.114. The highest BCUT2D eigenvalue weighted by Crippen LogP contribution is 2.24. The maximum absolute atomic E-state index is 12.4. The summed E-state index contributed by atoms with van der Waals surface area (Å²) in [4.78, 5) is 16.9. The summed E-state index contributed by atoms with van der Waals surface area (Å²) in [5.41, 5.74) is 5.34. The molecule has 2 aromatic heterocycles. The Morgan fingerprint density at radius 1 is 1.10 bits per heavy atom. The topological polar surface area (TPSA) is 97.6 Å². The van der Waals surface area contributed by atoms with Gasteiger partial charge in [0.1, 0.15) is 0 Å². The zero-order chi connectivity index (χ0) is 21.1. The Bertz CT molecular complexity index is 1200. The third-order valence-corrected chi connectivity index (χ3v) is 5.35. The van der Waals surface area contributed by atoms with E-state index < -0.39 is 0 Å². The van der Waals surface area contributed by atoms with Gasteiger partial charge in [0.05, 0.1) is 22.9 Å². The van der Waals surface area contributed by atoms with Gasteiger partial charge in [-0.15, -0.1) is 16.4 Å². The summed E-state index contributed by atoms with van der Waals surface area (Å²) in [6.45, 7) is 5.94. The van der Waals surface area contributed by atoms with Crippen molar-refractivity contribution in [2.45, 2.75) is 20.8 Å². The molecule has 152 valence electrons. The van der Waals surface area contributed by atoms with Crippen LogP contribution in [0.3, 0.4) is 0 Å². The van der Waals surface area contributed by atoms with E-state index in [-0.39, 0.29) is 12.5 Å². The van der Waals surface area contributed by atoms with Gasteiger partial charge in [0, 0.05) is 22.3 Å². The minimum Gasteiger partial charge on any atom is -0.376 e. The van der Waals surface area contributed by atoms with Crippen LogP contribution in [0.1, 0.15) is 16.4 Å². The molecule has 8 nitrogen and oxygen atoms in total. The summed E-state index contributed by atoms with van der Waals surface area (Å²) in [6.07, 6.45) is 0. The number of tetrazole rings is 1. The van der Waals surface area contributed by atoms with Crippen molar-refractivity contribution in [2.24, 2.45) is 0 Å². The molecule has 2 aromatic carbocycles. The third-order valence-electron chi connectivity index (χ3n) is 4.58. The van der Waals surface area contributed by atoms with Crippen LogP contribution in [0.15, 0.2) is 47.8 Å². The first kappa shape index (κ1) is 19.7. The molecule has 4 aromatic rings. The van der Waals surface area contributed by atoms with Gasteiger partial charge in [0.15, 0.2) is 5.82 Å². The summed E-state index contributed by atoms with van der Waals surface area (Å²) in [5, 5.41) is 20.8. The minimum atomic E-state index is -0.137. The lowest BCUT2D eigenvalue weighted by Crippen LogP contribution is -2.21. The molecule has 0 spiro atoms. The first-order valence-corrected chi connectivity index (χ1v) is 10.3. The SMILES string of the molecule is Cc1nc(-c2cccc(NC(=O)CNc3ccc(C)c(-n4nnnc4C)c3)c2)cs1. The Kier molecular flexibility index (Phi) is 5.53. The van der Waals surface area contributed by atoms with E-state index in [0.717, 1.165) is 38.9 Å². The molecule has 9 heteroatoms. The van der Waals surface area contributed by atoms with E-state index in [9.17, 15) is 4.79 Å². The Morgan fingerprint density at radius 3 is 2.70 bits per heavy atom. The van der Waals surface area contributed by atoms with Crippen molar-refractivity contribution in [2.75, 3.05) is 17.2 Å². The van der Waals surface area contributed by atoms with Crippen molar-refractivity contribution in [3.05, 3.63) is 64.2 Å². The lowest BCUT2D eigenvalue weighted by atomic mass is 10.1. The quantitative estimate of drug-likeness (QED) is 0.494. The summed E-state index contributed by atoms with van der Waals surface area (Å²) in [6, 6.07) is 13.5. The number of carbonyl (C=O) groups excluding carboxylic acids is 1. The second-order valence-electron chi connectivity index (χ2n) is 6.87. The fourth-order valence-corrected chi connectivity index (χ4v) is 3.66. The van der Waals surface area contributed by atoms with Crippen LogP contribution in [-0.4, -0.2) is 37.6 Å². The van der Waals surface area contributed by atoms with Crippen molar-refractivity contribution < 1.29 is 4.79 Å². The molecule has 1 amide bonds. The van der Waals surface area contributed by atoms with Crippen LogP contribution < -0.4 is 10.6 Å². The number of amides is 1. The number of hydrogen-bond acceptors (Lipinski definition) is 7. The van der Waals surface area contributed by atoms with Crippen molar-refractivity contribution in [1.29, 1.82) is 0 Å². The summed E-state index contributed by atoms with van der Waals surface area (Å²) < 4.78 is 1.67. The maximum atomic E-state index is 12.4. The Balaban J connectivity index is 1.42. The fraction of sp³-hybridized carbons (Fsp3) is 0.190. The lowest BCUT2D eigenvalue weighted by Gasteiger charge is -2.12. The number of thiazole rings is 1. The molecule has 0 fully saturated rings. The van der Waals surface area contributed by atoms with Gasteiger partial charge in [-0.1, -0.05) is 18.2 Å². The monoisotopic (exact) mass is 419 g/mol. The van der Waals surface area contributed by atoms with Crippen molar-refractivity contribution in [3.8, 4) is 16.9 Å². The van der Waals surface area contributed by atoms with E-state index >= 15 is 0 Å². The van der Waals surface area contributed by atoms with E-state index in [2.05, 4.69) is 31.1 Å². The average molecular weight is 420 g/mol. The Morgan fingerprint density at radius 2 is 1.97 bits per heavy atom. The molecule has 0 atom stereocenters. The van der Waals surface area contributed by atoms with Gasteiger partial charge >= 0.3 is 0 Å². The zero-order valence-electron chi connectivity index (χ0n) is 16.9. The standard InChI is InChI=1S/C21H21N7OS/c1-13-7-8-17(10-20(13)28-14(2)25-26-27-28)22-11-21(29)24-18-6-4-5-16(9-18)19-12-30-15(3)23-19/h4-10,12,22H,11H2,1-3H3,(H,24,29). The van der Waals surface area contributed by atoms with Crippen molar-refractivity contribution in [3.63, 3.8) is 0 Å². The largest absolute Gasteiger partial charge is 0.376 e. The van der Waals surface area contributed by atoms with E-state index in [4.69, 9.17) is 0 Å². The van der Waals surface area contributed by atoms with Crippen LogP contribution in [-0.2, 0) is 4.79 Å². The zero-order valence-corrected chi connectivity index (χ0v) is 17.7. The molecule has 2 N–H and O–H groups in total. The van der Waals surface area contributed by atoms with Crippen molar-refractivity contribution >= 4 is 28.6 Å². The number of nitrogens with one attached hydrogen (secondary N) is 2. The predicted molar refractivity (Wildman–Crippen MR) is 118 cm³/mol. The molecule has 30 heavy (non-hydrogen) atoms. The van der Waals surface area contributed by atoms with E-state index in [1.54, 1.807) is 16.0 Å². The highest BCUT2D eigenvalue weighted by atomic mass is 32.1. The molecule has 0 radical (unpaired) electrons. The van der Waals surface area contributed by atoms with Crippen LogP contribution in [0.25, 0.3) is 16.9 Å². The van der Waals surface area contributed by atoms with E-state index in [1.807, 2.05) is 68.6 Å². The van der Waals surface area contributed by atoms with Gasteiger partial charge in [-0.2, -0.15) is 4.68 Å². The van der Waals surface area contributed by atoms with Gasteiger partial charge in [-0.3, -0.25) is 4.79 Å². The van der Waals surface area contributed by atoms with E-state index in [0.29, 0.717) is 5.82 Å². The van der Waals surface area contributed by atoms with Crippen LogP contribution >= 0.6 is 11.3 Å². The number of carbonyl (C=O) groups is 1. The molecule has 0 aliphatic heterocycles. The second-order valence-corrected chi connectivity index (χ2v) is 7.94. The van der Waals surface area contributed by atoms with Crippen LogP contribution in [0.4, 0.5) is 11.4 Å². The molecule has 2 heterocycles. The Hall–Kier alpha value is -3.59. The van der Waals surface area contributed by atoms with Crippen LogP contribution in [0, 0.1) is 20.8 Å². The molecular formula is C21H21N7OS. The molecule has 0 saturated heterocycles. The molecule has 0 unspecified atom stereocenters. The molecule has 0 bridgehead atoms. The number of anilines is 2. The number of rotatable bonds is 6. The van der Waals surface area contributed by atoms with Crippen molar-refractivity contribution in [1.82, 2.24) is 25.2 Å². The highest BCUT2D eigenvalue weighted by Gasteiger charge is 2.10. The number of nitrogens with zero attached hydrogens (tertiary/aromatic N) is 5. The van der Waals surface area contributed by atoms with Gasteiger partial charge in [-0.05, 0) is 61.0 Å². The first-order valence-electron chi connectivity index (χ1n) is 9.42. The summed E-state index contributed by atoms with van der Waals surface area (Å²) in [5.74, 6) is 0.561. The summed E-state index contributed by atoms with van der Waals surface area (Å²) in [7, 11) is 0. The van der Waals surface area contributed by atoms with E-state index in [1.165, 1.54) is 0 Å². The third kappa shape index (κ3) is 4.36. The molecule has 0 saturated carbocycles. The minimum absolute atomic E-state index is 0.136. The van der Waals surface area contributed by atoms with Crippen LogP contribution in [0.2, 0.25) is 0 Å². The van der Waals surface area contributed by atoms with Gasteiger partial charge < -0.3 is 10.6 Å². The predicted octanol–water partition coefficient (Wildman–Crippen LogP) is 3.76. The number of benzene rings is 2. The normalized spacial score (nSPS) is 10.8. The molecule has 0 aliphatic rings. The number of aromatic nitrogens is 5. The smallest absolute Gasteiger partial charge is 0.243 e. The number of hydrogen-bond donors (Lipinski definition) is 2.